The first kappa shape index (κ1) is 20.3. The zero-order valence-corrected chi connectivity index (χ0v) is 15.0. The Morgan fingerprint density at radius 3 is 2.50 bits per heavy atom. The number of hydrogen-bond acceptors (Lipinski definition) is 7. The lowest BCUT2D eigenvalue weighted by molar-refractivity contribution is 0.178. The van der Waals surface area contributed by atoms with E-state index < -0.39 is 11.6 Å². The molecule has 0 saturated heterocycles. The second-order valence-corrected chi connectivity index (χ2v) is 6.70. The second-order valence-electron chi connectivity index (χ2n) is 6.70. The third kappa shape index (κ3) is 6.03. The molecule has 0 radical (unpaired) electrons. The Kier molecular flexibility index (Phi) is 7.47. The van der Waals surface area contributed by atoms with Gasteiger partial charge in [-0.1, -0.05) is 12.2 Å². The third-order valence-electron chi connectivity index (χ3n) is 4.48. The van der Waals surface area contributed by atoms with E-state index in [-0.39, 0.29) is 13.2 Å². The van der Waals surface area contributed by atoms with Gasteiger partial charge in [-0.25, -0.2) is 0 Å². The van der Waals surface area contributed by atoms with Crippen molar-refractivity contribution in [1.29, 1.82) is 0 Å². The maximum atomic E-state index is 10.4. The van der Waals surface area contributed by atoms with Crippen LogP contribution in [0, 0.1) is 0 Å². The molecule has 0 spiro atoms. The molecule has 7 nitrogen and oxygen atoms in total. The molecule has 0 saturated carbocycles. The van der Waals surface area contributed by atoms with Crippen LogP contribution in [-0.4, -0.2) is 59.8 Å². The molecule has 1 aromatic carbocycles. The van der Waals surface area contributed by atoms with Crippen molar-refractivity contribution in [2.24, 2.45) is 5.73 Å². The summed E-state index contributed by atoms with van der Waals surface area (Å²) < 4.78 is 0. The molecule has 0 aromatic heterocycles. The van der Waals surface area contributed by atoms with Crippen LogP contribution in [0.25, 0.3) is 0 Å². The number of aliphatic hydroxyl groups is 3. The van der Waals surface area contributed by atoms with E-state index in [1.165, 1.54) is 0 Å². The summed E-state index contributed by atoms with van der Waals surface area (Å²) in [6, 6.07) is 7.35. The largest absolute Gasteiger partial charge is 0.399 e. The minimum absolute atomic E-state index is 0.00184. The van der Waals surface area contributed by atoms with Crippen LogP contribution in [-0.2, 0) is 0 Å². The SMILES string of the molecule is Nc1ccc(N(CCO)CC(O)CNC2=CCC(N)(CCO)C=C2)cc1. The van der Waals surface area contributed by atoms with Crippen LogP contribution in [0.1, 0.15) is 12.8 Å². The van der Waals surface area contributed by atoms with Crippen LogP contribution >= 0.6 is 0 Å². The molecule has 1 aliphatic carbocycles. The van der Waals surface area contributed by atoms with Crippen molar-refractivity contribution in [2.75, 3.05) is 43.5 Å². The summed E-state index contributed by atoms with van der Waals surface area (Å²) in [5.74, 6) is 0. The molecule has 0 fully saturated rings. The van der Waals surface area contributed by atoms with E-state index in [4.69, 9.17) is 16.6 Å². The molecule has 2 atom stereocenters. The van der Waals surface area contributed by atoms with Crippen molar-refractivity contribution < 1.29 is 15.3 Å². The first-order chi connectivity index (χ1) is 12.5. The standard InChI is InChI=1S/C19H30N4O3/c20-15-1-3-17(4-2-15)23(10-12-25)14-18(26)13-22-16-5-7-19(21,8-6-16)9-11-24/h1-7,18,22,24-26H,8-14,20-21H2. The van der Waals surface area contributed by atoms with Crippen molar-refractivity contribution >= 4 is 11.4 Å². The number of benzene rings is 1. The van der Waals surface area contributed by atoms with E-state index in [1.807, 2.05) is 35.3 Å². The Hall–Kier alpha value is -2.06. The van der Waals surface area contributed by atoms with Gasteiger partial charge in [0.1, 0.15) is 0 Å². The third-order valence-corrected chi connectivity index (χ3v) is 4.48. The molecule has 0 bridgehead atoms. The maximum Gasteiger partial charge on any atom is 0.0886 e. The number of aliphatic hydroxyl groups excluding tert-OH is 3. The lowest BCUT2D eigenvalue weighted by atomic mass is 9.88. The van der Waals surface area contributed by atoms with Gasteiger partial charge in [0.25, 0.3) is 0 Å². The molecule has 0 heterocycles. The van der Waals surface area contributed by atoms with Gasteiger partial charge in [0.2, 0.25) is 0 Å². The van der Waals surface area contributed by atoms with Crippen LogP contribution in [0.4, 0.5) is 11.4 Å². The predicted molar refractivity (Wildman–Crippen MR) is 105 cm³/mol. The number of nitrogens with zero attached hydrogens (tertiary/aromatic N) is 1. The molecule has 7 heteroatoms. The van der Waals surface area contributed by atoms with Crippen LogP contribution in [0.15, 0.2) is 48.2 Å². The highest BCUT2D eigenvalue weighted by atomic mass is 16.3. The van der Waals surface area contributed by atoms with Gasteiger partial charge in [0.05, 0.1) is 12.7 Å². The number of nitrogens with one attached hydrogen (secondary N) is 1. The Bertz CT molecular complexity index is 618. The fourth-order valence-electron chi connectivity index (χ4n) is 2.90. The molecule has 0 aliphatic heterocycles. The quantitative estimate of drug-likeness (QED) is 0.322. The van der Waals surface area contributed by atoms with E-state index in [0.29, 0.717) is 38.2 Å². The Morgan fingerprint density at radius 2 is 1.92 bits per heavy atom. The topological polar surface area (TPSA) is 128 Å². The summed E-state index contributed by atoms with van der Waals surface area (Å²) >= 11 is 0. The van der Waals surface area contributed by atoms with Crippen LogP contribution in [0.3, 0.4) is 0 Å². The number of nitrogen functional groups attached to an aromatic ring is 1. The summed E-state index contributed by atoms with van der Waals surface area (Å²) in [7, 11) is 0. The summed E-state index contributed by atoms with van der Waals surface area (Å²) in [6.45, 7) is 1.26. The van der Waals surface area contributed by atoms with E-state index in [0.717, 1.165) is 11.4 Å². The van der Waals surface area contributed by atoms with Gasteiger partial charge >= 0.3 is 0 Å². The first-order valence-electron chi connectivity index (χ1n) is 8.88. The summed E-state index contributed by atoms with van der Waals surface area (Å²) in [5, 5.41) is 31.9. The van der Waals surface area contributed by atoms with Crippen LogP contribution in [0.5, 0.6) is 0 Å². The summed E-state index contributed by atoms with van der Waals surface area (Å²) in [6.07, 6.45) is 6.31. The summed E-state index contributed by atoms with van der Waals surface area (Å²) in [4.78, 5) is 1.92. The number of nitrogens with two attached hydrogens (primary N) is 2. The fourth-order valence-corrected chi connectivity index (χ4v) is 2.90. The fraction of sp³-hybridized carbons (Fsp3) is 0.474. The highest BCUT2D eigenvalue weighted by Crippen LogP contribution is 2.21. The average Bonchev–Trinajstić information content (AvgIpc) is 2.62. The van der Waals surface area contributed by atoms with Crippen LogP contribution < -0.4 is 21.7 Å². The predicted octanol–water partition coefficient (Wildman–Crippen LogP) is -0.0583. The number of allylic oxidation sites excluding steroid dienone is 1. The lowest BCUT2D eigenvalue weighted by Crippen LogP contribution is -2.41. The zero-order valence-electron chi connectivity index (χ0n) is 15.0. The second kappa shape index (κ2) is 9.59. The smallest absolute Gasteiger partial charge is 0.0886 e. The van der Waals surface area contributed by atoms with Gasteiger partial charge < -0.3 is 37.0 Å². The Labute approximate surface area is 154 Å². The Morgan fingerprint density at radius 1 is 1.19 bits per heavy atom. The molecule has 2 unspecified atom stereocenters. The molecular weight excluding hydrogens is 332 g/mol. The zero-order chi connectivity index (χ0) is 19.0. The number of hydrogen-bond donors (Lipinski definition) is 6. The minimum Gasteiger partial charge on any atom is -0.399 e. The van der Waals surface area contributed by atoms with Crippen molar-refractivity contribution in [3.05, 3.63) is 48.2 Å². The van der Waals surface area contributed by atoms with Gasteiger partial charge in [0.15, 0.2) is 0 Å². The monoisotopic (exact) mass is 362 g/mol. The van der Waals surface area contributed by atoms with Crippen molar-refractivity contribution in [3.63, 3.8) is 0 Å². The van der Waals surface area contributed by atoms with E-state index in [2.05, 4.69) is 5.32 Å². The van der Waals surface area contributed by atoms with E-state index in [1.54, 1.807) is 12.1 Å². The van der Waals surface area contributed by atoms with Gasteiger partial charge in [-0.2, -0.15) is 0 Å². The van der Waals surface area contributed by atoms with E-state index >= 15 is 0 Å². The lowest BCUT2D eigenvalue weighted by Gasteiger charge is -2.29. The molecule has 144 valence electrons. The van der Waals surface area contributed by atoms with Crippen molar-refractivity contribution in [2.45, 2.75) is 24.5 Å². The highest BCUT2D eigenvalue weighted by Gasteiger charge is 2.22. The minimum atomic E-state index is -0.615. The molecule has 26 heavy (non-hydrogen) atoms. The van der Waals surface area contributed by atoms with Crippen molar-refractivity contribution in [1.82, 2.24) is 5.32 Å². The summed E-state index contributed by atoms with van der Waals surface area (Å²) in [5.41, 5.74) is 13.9. The molecule has 0 amide bonds. The molecule has 1 aromatic rings. The molecule has 8 N–H and O–H groups in total. The molecular formula is C19H30N4O3. The number of anilines is 2. The molecule has 2 rings (SSSR count). The number of rotatable bonds is 10. The van der Waals surface area contributed by atoms with Gasteiger partial charge in [-0.15, -0.1) is 0 Å². The first-order valence-corrected chi connectivity index (χ1v) is 8.88. The van der Waals surface area contributed by atoms with Crippen molar-refractivity contribution in [3.8, 4) is 0 Å². The maximum absolute atomic E-state index is 10.4. The van der Waals surface area contributed by atoms with Gasteiger partial charge in [-0.05, 0) is 43.2 Å². The molecule has 1 aliphatic rings. The van der Waals surface area contributed by atoms with E-state index in [9.17, 15) is 10.2 Å². The Balaban J connectivity index is 1.85. The normalized spacial score (nSPS) is 20.5. The average molecular weight is 362 g/mol. The highest BCUT2D eigenvalue weighted by molar-refractivity contribution is 5.53. The van der Waals surface area contributed by atoms with Crippen LogP contribution in [0.2, 0.25) is 0 Å². The van der Waals surface area contributed by atoms with Gasteiger partial charge in [0, 0.05) is 48.9 Å². The van der Waals surface area contributed by atoms with Gasteiger partial charge in [-0.3, -0.25) is 0 Å².